The third-order valence-electron chi connectivity index (χ3n) is 4.97. The molecule has 0 bridgehead atoms. The molecule has 0 radical (unpaired) electrons. The van der Waals surface area contributed by atoms with Crippen LogP contribution < -0.4 is 10.6 Å². The predicted octanol–water partition coefficient (Wildman–Crippen LogP) is 4.38. The molecule has 166 valence electrons. The van der Waals surface area contributed by atoms with Crippen molar-refractivity contribution >= 4 is 34.9 Å². The van der Waals surface area contributed by atoms with Crippen molar-refractivity contribution in [1.29, 1.82) is 0 Å². The molecule has 3 rings (SSSR count). The van der Waals surface area contributed by atoms with Gasteiger partial charge in [-0.05, 0) is 75.2 Å². The molecule has 0 atom stereocenters. The lowest BCUT2D eigenvalue weighted by Gasteiger charge is -2.32. The molecular weight excluding hydrogens is 414 g/mol. The van der Waals surface area contributed by atoms with Gasteiger partial charge in [0.2, 0.25) is 0 Å². The summed E-state index contributed by atoms with van der Waals surface area (Å²) in [5, 5.41) is 7.51. The third kappa shape index (κ3) is 6.82. The summed E-state index contributed by atoms with van der Waals surface area (Å²) in [5.41, 5.74) is 0.740. The molecule has 1 aliphatic heterocycles. The number of hydrogen-bond donors (Lipinski definition) is 2. The van der Waals surface area contributed by atoms with Gasteiger partial charge in [-0.1, -0.05) is 6.07 Å². The zero-order valence-corrected chi connectivity index (χ0v) is 19.0. The molecule has 1 saturated heterocycles. The maximum Gasteiger partial charge on any atom is 0.407 e. The second-order valence-corrected chi connectivity index (χ2v) is 9.57. The number of piperidine rings is 1. The van der Waals surface area contributed by atoms with Gasteiger partial charge in [-0.2, -0.15) is 0 Å². The Morgan fingerprint density at radius 1 is 1.10 bits per heavy atom. The number of carbonyl (C=O) groups excluding carboxylic acids is 3. The standard InChI is InChI=1S/C23H29N3O4S/c1-23(2,3)30-22(29)24-15-16-10-12-26(13-11-16)21(28)17-6-8-18(9-7-17)25-20(27)19-5-4-14-31-19/h4-9,14,16H,10-13,15H2,1-3H3,(H,24,29)(H,25,27). The van der Waals surface area contributed by atoms with Gasteiger partial charge in [0.15, 0.2) is 0 Å². The number of benzene rings is 1. The molecule has 0 spiro atoms. The van der Waals surface area contributed by atoms with Gasteiger partial charge in [0.25, 0.3) is 11.8 Å². The fraction of sp³-hybridized carbons (Fsp3) is 0.435. The highest BCUT2D eigenvalue weighted by atomic mass is 32.1. The van der Waals surface area contributed by atoms with Crippen LogP contribution in [-0.2, 0) is 4.74 Å². The van der Waals surface area contributed by atoms with Gasteiger partial charge in [-0.15, -0.1) is 11.3 Å². The number of thiophene rings is 1. The number of ether oxygens (including phenoxy) is 1. The number of rotatable bonds is 5. The maximum absolute atomic E-state index is 12.8. The van der Waals surface area contributed by atoms with Crippen molar-refractivity contribution in [2.75, 3.05) is 25.0 Å². The fourth-order valence-electron chi connectivity index (χ4n) is 3.36. The number of nitrogens with one attached hydrogen (secondary N) is 2. The van der Waals surface area contributed by atoms with Crippen LogP contribution in [0.2, 0.25) is 0 Å². The highest BCUT2D eigenvalue weighted by molar-refractivity contribution is 7.12. The highest BCUT2D eigenvalue weighted by Crippen LogP contribution is 2.20. The number of likely N-dealkylation sites (tertiary alicyclic amines) is 1. The normalized spacial score (nSPS) is 14.7. The number of hydrogen-bond acceptors (Lipinski definition) is 5. The smallest absolute Gasteiger partial charge is 0.407 e. The molecule has 2 aromatic rings. The predicted molar refractivity (Wildman–Crippen MR) is 122 cm³/mol. The lowest BCUT2D eigenvalue weighted by Crippen LogP contribution is -2.42. The van der Waals surface area contributed by atoms with E-state index in [0.29, 0.717) is 41.7 Å². The molecule has 1 aromatic heterocycles. The highest BCUT2D eigenvalue weighted by Gasteiger charge is 2.25. The van der Waals surface area contributed by atoms with Crippen LogP contribution in [0.5, 0.6) is 0 Å². The Bertz CT molecular complexity index is 896. The van der Waals surface area contributed by atoms with Crippen molar-refractivity contribution in [2.45, 2.75) is 39.2 Å². The number of anilines is 1. The average molecular weight is 444 g/mol. The Kier molecular flexibility index (Phi) is 7.33. The SMILES string of the molecule is CC(C)(C)OC(=O)NCC1CCN(C(=O)c2ccc(NC(=O)c3cccs3)cc2)CC1. The summed E-state index contributed by atoms with van der Waals surface area (Å²) in [6.07, 6.45) is 1.25. The van der Waals surface area contributed by atoms with Crippen molar-refractivity contribution in [2.24, 2.45) is 5.92 Å². The summed E-state index contributed by atoms with van der Waals surface area (Å²) in [5.74, 6) is 0.150. The molecule has 2 N–H and O–H groups in total. The largest absolute Gasteiger partial charge is 0.444 e. The summed E-state index contributed by atoms with van der Waals surface area (Å²) in [7, 11) is 0. The molecule has 1 aromatic carbocycles. The molecule has 1 fully saturated rings. The monoisotopic (exact) mass is 443 g/mol. The molecular formula is C23H29N3O4S. The molecule has 0 unspecified atom stereocenters. The first-order chi connectivity index (χ1) is 14.7. The number of amides is 3. The van der Waals surface area contributed by atoms with Gasteiger partial charge in [-0.3, -0.25) is 9.59 Å². The summed E-state index contributed by atoms with van der Waals surface area (Å²) >= 11 is 1.38. The van der Waals surface area contributed by atoms with Gasteiger partial charge in [-0.25, -0.2) is 4.79 Å². The summed E-state index contributed by atoms with van der Waals surface area (Å²) < 4.78 is 5.26. The van der Waals surface area contributed by atoms with Gasteiger partial charge in [0, 0.05) is 30.9 Å². The molecule has 0 saturated carbocycles. The molecule has 1 aliphatic rings. The Morgan fingerprint density at radius 2 is 1.77 bits per heavy atom. The minimum Gasteiger partial charge on any atom is -0.444 e. The van der Waals surface area contributed by atoms with Crippen LogP contribution in [-0.4, -0.2) is 48.0 Å². The van der Waals surface area contributed by atoms with Gasteiger partial charge < -0.3 is 20.3 Å². The van der Waals surface area contributed by atoms with Crippen molar-refractivity contribution in [3.8, 4) is 0 Å². The van der Waals surface area contributed by atoms with E-state index < -0.39 is 11.7 Å². The molecule has 31 heavy (non-hydrogen) atoms. The van der Waals surface area contributed by atoms with E-state index in [9.17, 15) is 14.4 Å². The van der Waals surface area contributed by atoms with Gasteiger partial charge in [0.05, 0.1) is 4.88 Å². The van der Waals surface area contributed by atoms with Crippen molar-refractivity contribution in [3.05, 3.63) is 52.2 Å². The third-order valence-corrected chi connectivity index (χ3v) is 5.84. The van der Waals surface area contributed by atoms with E-state index in [1.165, 1.54) is 11.3 Å². The van der Waals surface area contributed by atoms with Gasteiger partial charge >= 0.3 is 6.09 Å². The maximum atomic E-state index is 12.8. The second kappa shape index (κ2) is 9.96. The van der Waals surface area contributed by atoms with E-state index in [-0.39, 0.29) is 11.8 Å². The van der Waals surface area contributed by atoms with E-state index >= 15 is 0 Å². The van der Waals surface area contributed by atoms with E-state index in [0.717, 1.165) is 12.8 Å². The Balaban J connectivity index is 1.45. The minimum atomic E-state index is -0.512. The minimum absolute atomic E-state index is 0.0188. The molecule has 0 aliphatic carbocycles. The lowest BCUT2D eigenvalue weighted by molar-refractivity contribution is 0.0500. The molecule has 7 nitrogen and oxygen atoms in total. The first kappa shape index (κ1) is 22.8. The first-order valence-corrected chi connectivity index (χ1v) is 11.3. The van der Waals surface area contributed by atoms with Crippen LogP contribution in [0.4, 0.5) is 10.5 Å². The van der Waals surface area contributed by atoms with Crippen LogP contribution in [0, 0.1) is 5.92 Å². The van der Waals surface area contributed by atoms with E-state index in [1.54, 1.807) is 30.3 Å². The topological polar surface area (TPSA) is 87.7 Å². The van der Waals surface area contributed by atoms with Gasteiger partial charge in [0.1, 0.15) is 5.60 Å². The summed E-state index contributed by atoms with van der Waals surface area (Å²) in [4.78, 5) is 39.2. The number of alkyl carbamates (subject to hydrolysis) is 1. The summed E-state index contributed by atoms with van der Waals surface area (Å²) in [6.45, 7) is 7.35. The Labute approximate surface area is 186 Å². The lowest BCUT2D eigenvalue weighted by atomic mass is 9.96. The summed E-state index contributed by atoms with van der Waals surface area (Å²) in [6, 6.07) is 10.6. The quantitative estimate of drug-likeness (QED) is 0.718. The van der Waals surface area contributed by atoms with E-state index in [2.05, 4.69) is 10.6 Å². The molecule has 8 heteroatoms. The van der Waals surface area contributed by atoms with Crippen LogP contribution in [0.25, 0.3) is 0 Å². The first-order valence-electron chi connectivity index (χ1n) is 10.4. The van der Waals surface area contributed by atoms with Crippen LogP contribution in [0.15, 0.2) is 41.8 Å². The number of carbonyl (C=O) groups is 3. The zero-order chi connectivity index (χ0) is 22.4. The Morgan fingerprint density at radius 3 is 2.35 bits per heavy atom. The van der Waals surface area contributed by atoms with Crippen molar-refractivity contribution in [1.82, 2.24) is 10.2 Å². The van der Waals surface area contributed by atoms with Crippen molar-refractivity contribution in [3.63, 3.8) is 0 Å². The van der Waals surface area contributed by atoms with Crippen LogP contribution in [0.3, 0.4) is 0 Å². The number of nitrogens with zero attached hydrogens (tertiary/aromatic N) is 1. The second-order valence-electron chi connectivity index (χ2n) is 8.63. The Hall–Kier alpha value is -2.87. The van der Waals surface area contributed by atoms with Crippen LogP contribution >= 0.6 is 11.3 Å². The average Bonchev–Trinajstić information content (AvgIpc) is 3.27. The van der Waals surface area contributed by atoms with E-state index in [1.807, 2.05) is 37.1 Å². The fourth-order valence-corrected chi connectivity index (χ4v) is 3.98. The zero-order valence-electron chi connectivity index (χ0n) is 18.1. The van der Waals surface area contributed by atoms with Crippen molar-refractivity contribution < 1.29 is 19.1 Å². The molecule has 2 heterocycles. The van der Waals surface area contributed by atoms with Crippen LogP contribution in [0.1, 0.15) is 53.6 Å². The molecule has 3 amide bonds. The van der Waals surface area contributed by atoms with E-state index in [4.69, 9.17) is 4.74 Å².